The van der Waals surface area contributed by atoms with E-state index >= 15 is 0 Å². The molecule has 0 atom stereocenters. The van der Waals surface area contributed by atoms with E-state index in [0.29, 0.717) is 0 Å². The molecule has 0 amide bonds. The van der Waals surface area contributed by atoms with E-state index < -0.39 is 0 Å². The summed E-state index contributed by atoms with van der Waals surface area (Å²) in [5, 5.41) is 11.6. The van der Waals surface area contributed by atoms with E-state index in [1.165, 1.54) is 0 Å². The first-order chi connectivity index (χ1) is 8.93. The molecule has 0 fully saturated rings. The highest BCUT2D eigenvalue weighted by Gasteiger charge is 1.99. The lowest BCUT2D eigenvalue weighted by Gasteiger charge is -2.05. The van der Waals surface area contributed by atoms with Crippen molar-refractivity contribution in [1.82, 2.24) is 19.4 Å². The van der Waals surface area contributed by atoms with E-state index in [1.54, 1.807) is 23.5 Å². The number of benzene rings is 1. The van der Waals surface area contributed by atoms with E-state index in [1.807, 2.05) is 36.5 Å². The standard InChI is InChI=1S/C13H11N5/c1-2-5-12(6-3-1)18-8-4-7-13(18)9-16-17-10-14-15-11-17/h1-11H. The van der Waals surface area contributed by atoms with Crippen LogP contribution in [0.4, 0.5) is 0 Å². The molecule has 1 aromatic carbocycles. The van der Waals surface area contributed by atoms with Crippen molar-refractivity contribution in [2.45, 2.75) is 0 Å². The molecule has 0 N–H and O–H groups in total. The summed E-state index contributed by atoms with van der Waals surface area (Å²) in [7, 11) is 0. The zero-order valence-corrected chi connectivity index (χ0v) is 9.59. The first kappa shape index (κ1) is 10.5. The molecule has 5 heteroatoms. The van der Waals surface area contributed by atoms with Crippen LogP contribution in [0.25, 0.3) is 5.69 Å². The molecule has 2 aromatic heterocycles. The van der Waals surface area contributed by atoms with Gasteiger partial charge >= 0.3 is 0 Å². The molecule has 0 spiro atoms. The van der Waals surface area contributed by atoms with Crippen LogP contribution in [-0.2, 0) is 0 Å². The first-order valence-corrected chi connectivity index (χ1v) is 5.55. The lowest BCUT2D eigenvalue weighted by molar-refractivity contribution is 0.875. The van der Waals surface area contributed by atoms with E-state index in [0.717, 1.165) is 11.4 Å². The van der Waals surface area contributed by atoms with E-state index in [4.69, 9.17) is 0 Å². The molecule has 0 aliphatic rings. The third-order valence-corrected chi connectivity index (χ3v) is 2.54. The molecular weight excluding hydrogens is 226 g/mol. The van der Waals surface area contributed by atoms with Crippen molar-refractivity contribution in [1.29, 1.82) is 0 Å². The minimum absolute atomic E-state index is 0.995. The Morgan fingerprint density at radius 3 is 2.50 bits per heavy atom. The van der Waals surface area contributed by atoms with Crippen LogP contribution in [0.3, 0.4) is 0 Å². The van der Waals surface area contributed by atoms with Gasteiger partial charge in [-0.2, -0.15) is 5.10 Å². The van der Waals surface area contributed by atoms with Crippen molar-refractivity contribution in [3.8, 4) is 5.69 Å². The number of nitrogens with zero attached hydrogens (tertiary/aromatic N) is 5. The maximum atomic E-state index is 4.24. The molecule has 18 heavy (non-hydrogen) atoms. The first-order valence-electron chi connectivity index (χ1n) is 5.55. The third-order valence-electron chi connectivity index (χ3n) is 2.54. The molecule has 0 aliphatic heterocycles. The summed E-state index contributed by atoms with van der Waals surface area (Å²) >= 11 is 0. The number of hydrogen-bond donors (Lipinski definition) is 0. The van der Waals surface area contributed by atoms with Gasteiger partial charge in [-0.15, -0.1) is 10.2 Å². The Morgan fingerprint density at radius 2 is 1.72 bits per heavy atom. The SMILES string of the molecule is C(=Nn1cnnc1)c1cccn1-c1ccccc1. The van der Waals surface area contributed by atoms with Crippen LogP contribution in [0.2, 0.25) is 0 Å². The molecule has 3 aromatic rings. The topological polar surface area (TPSA) is 48.0 Å². The van der Waals surface area contributed by atoms with Crippen molar-refractivity contribution >= 4 is 6.21 Å². The van der Waals surface area contributed by atoms with Gasteiger partial charge in [-0.05, 0) is 24.3 Å². The van der Waals surface area contributed by atoms with Gasteiger partial charge in [-0.25, -0.2) is 4.68 Å². The molecular formula is C13H11N5. The Labute approximate surface area is 104 Å². The van der Waals surface area contributed by atoms with Crippen molar-refractivity contribution < 1.29 is 0 Å². The number of para-hydroxylation sites is 1. The zero-order valence-electron chi connectivity index (χ0n) is 9.59. The van der Waals surface area contributed by atoms with Crippen LogP contribution in [0.15, 0.2) is 66.4 Å². The summed E-state index contributed by atoms with van der Waals surface area (Å²) in [5.74, 6) is 0. The Hall–Kier alpha value is -2.69. The number of hydrogen-bond acceptors (Lipinski definition) is 3. The second-order valence-electron chi connectivity index (χ2n) is 3.73. The molecule has 5 nitrogen and oxygen atoms in total. The fraction of sp³-hybridized carbons (Fsp3) is 0. The highest BCUT2D eigenvalue weighted by Crippen LogP contribution is 2.10. The normalized spacial score (nSPS) is 11.1. The fourth-order valence-electron chi connectivity index (χ4n) is 1.70. The van der Waals surface area contributed by atoms with Crippen molar-refractivity contribution in [3.63, 3.8) is 0 Å². The maximum Gasteiger partial charge on any atom is 0.141 e. The molecule has 0 aliphatic carbocycles. The van der Waals surface area contributed by atoms with E-state index in [9.17, 15) is 0 Å². The van der Waals surface area contributed by atoms with Gasteiger partial charge in [0.1, 0.15) is 12.7 Å². The van der Waals surface area contributed by atoms with Crippen molar-refractivity contribution in [3.05, 3.63) is 67.0 Å². The Balaban J connectivity index is 1.93. The van der Waals surface area contributed by atoms with Crippen LogP contribution in [0, 0.1) is 0 Å². The minimum Gasteiger partial charge on any atom is -0.316 e. The maximum absolute atomic E-state index is 4.24. The van der Waals surface area contributed by atoms with E-state index in [-0.39, 0.29) is 0 Å². The predicted octanol–water partition coefficient (Wildman–Crippen LogP) is 1.95. The van der Waals surface area contributed by atoms with Gasteiger partial charge in [0.15, 0.2) is 0 Å². The summed E-state index contributed by atoms with van der Waals surface area (Å²) in [4.78, 5) is 0. The monoisotopic (exact) mass is 237 g/mol. The molecule has 0 saturated heterocycles. The smallest absolute Gasteiger partial charge is 0.141 e. The van der Waals surface area contributed by atoms with Gasteiger partial charge in [0.05, 0.1) is 11.9 Å². The van der Waals surface area contributed by atoms with Crippen LogP contribution >= 0.6 is 0 Å². The Bertz CT molecular complexity index is 637. The summed E-state index contributed by atoms with van der Waals surface area (Å²) < 4.78 is 3.62. The van der Waals surface area contributed by atoms with Gasteiger partial charge < -0.3 is 4.57 Å². The summed E-state index contributed by atoms with van der Waals surface area (Å²) in [5.41, 5.74) is 2.10. The van der Waals surface area contributed by atoms with Gasteiger partial charge in [-0.1, -0.05) is 18.2 Å². The molecule has 0 unspecified atom stereocenters. The van der Waals surface area contributed by atoms with Gasteiger partial charge in [-0.3, -0.25) is 0 Å². The summed E-state index contributed by atoms with van der Waals surface area (Å²) in [6, 6.07) is 14.1. The summed E-state index contributed by atoms with van der Waals surface area (Å²) in [6.07, 6.45) is 6.87. The molecule has 88 valence electrons. The lowest BCUT2D eigenvalue weighted by Crippen LogP contribution is -1.98. The molecule has 2 heterocycles. The van der Waals surface area contributed by atoms with Crippen LogP contribution in [0.5, 0.6) is 0 Å². The average molecular weight is 237 g/mol. The van der Waals surface area contributed by atoms with Gasteiger partial charge in [0, 0.05) is 11.9 Å². The largest absolute Gasteiger partial charge is 0.316 e. The quantitative estimate of drug-likeness (QED) is 0.654. The van der Waals surface area contributed by atoms with Crippen LogP contribution in [-0.4, -0.2) is 25.7 Å². The highest BCUT2D eigenvalue weighted by atomic mass is 15.4. The van der Waals surface area contributed by atoms with Gasteiger partial charge in [0.25, 0.3) is 0 Å². The molecule has 0 radical (unpaired) electrons. The van der Waals surface area contributed by atoms with Crippen LogP contribution in [0.1, 0.15) is 5.69 Å². The van der Waals surface area contributed by atoms with Crippen molar-refractivity contribution in [2.24, 2.45) is 5.10 Å². The summed E-state index contributed by atoms with van der Waals surface area (Å²) in [6.45, 7) is 0. The Kier molecular flexibility index (Phi) is 2.71. The van der Waals surface area contributed by atoms with Gasteiger partial charge in [0.2, 0.25) is 0 Å². The molecule has 0 bridgehead atoms. The average Bonchev–Trinajstić information content (AvgIpc) is 3.09. The predicted molar refractivity (Wildman–Crippen MR) is 68.8 cm³/mol. The number of aromatic nitrogens is 4. The molecule has 3 rings (SSSR count). The zero-order chi connectivity index (χ0) is 12.2. The fourth-order valence-corrected chi connectivity index (χ4v) is 1.70. The highest BCUT2D eigenvalue weighted by molar-refractivity contribution is 5.78. The van der Waals surface area contributed by atoms with E-state index in [2.05, 4.69) is 32.0 Å². The minimum atomic E-state index is 0.995. The third kappa shape index (κ3) is 2.06. The Morgan fingerprint density at radius 1 is 0.944 bits per heavy atom. The van der Waals surface area contributed by atoms with Crippen molar-refractivity contribution in [2.75, 3.05) is 0 Å². The van der Waals surface area contributed by atoms with Crippen LogP contribution < -0.4 is 0 Å². The number of rotatable bonds is 3. The lowest BCUT2D eigenvalue weighted by atomic mass is 10.3. The second kappa shape index (κ2) is 4.67. The second-order valence-corrected chi connectivity index (χ2v) is 3.73. The molecule has 0 saturated carbocycles.